The summed E-state index contributed by atoms with van der Waals surface area (Å²) >= 11 is 0. The second kappa shape index (κ2) is 6.09. The van der Waals surface area contributed by atoms with Crippen LogP contribution in [0.5, 0.6) is 5.75 Å². The zero-order valence-electron chi connectivity index (χ0n) is 10.3. The molecule has 0 aromatic heterocycles. The van der Waals surface area contributed by atoms with Gasteiger partial charge in [-0.25, -0.2) is 8.78 Å². The molecule has 0 bridgehead atoms. The van der Waals surface area contributed by atoms with Crippen molar-refractivity contribution in [3.63, 3.8) is 0 Å². The standard InChI is InChI=1S/C10H11F2NO6S/c1-20(16,17)19-7-10(11,12)6-18-9-4-2-3-8(5-9)13(14)15/h2-5H,6-7H2,1H3. The molecule has 0 atom stereocenters. The summed E-state index contributed by atoms with van der Waals surface area (Å²) in [6, 6.07) is 4.70. The number of nitro groups is 1. The minimum absolute atomic E-state index is 0.127. The largest absolute Gasteiger partial charge is 0.487 e. The van der Waals surface area contributed by atoms with Crippen molar-refractivity contribution in [2.75, 3.05) is 19.5 Å². The maximum Gasteiger partial charge on any atom is 0.305 e. The second-order valence-corrected chi connectivity index (χ2v) is 5.51. The van der Waals surface area contributed by atoms with Gasteiger partial charge in [-0.1, -0.05) is 6.07 Å². The van der Waals surface area contributed by atoms with Crippen molar-refractivity contribution >= 4 is 15.8 Å². The Morgan fingerprint density at radius 2 is 2.00 bits per heavy atom. The third kappa shape index (κ3) is 5.89. The van der Waals surface area contributed by atoms with E-state index in [4.69, 9.17) is 4.74 Å². The van der Waals surface area contributed by atoms with E-state index in [2.05, 4.69) is 4.18 Å². The van der Waals surface area contributed by atoms with Crippen LogP contribution in [0, 0.1) is 10.1 Å². The molecule has 0 amide bonds. The number of nitro benzene ring substituents is 1. The molecule has 0 aliphatic heterocycles. The molecular formula is C10H11F2NO6S. The van der Waals surface area contributed by atoms with Crippen molar-refractivity contribution in [3.05, 3.63) is 34.4 Å². The Bertz CT molecular complexity index is 589. The van der Waals surface area contributed by atoms with Gasteiger partial charge >= 0.3 is 5.92 Å². The van der Waals surface area contributed by atoms with Crippen LogP contribution in [-0.4, -0.2) is 38.7 Å². The Hall–Kier alpha value is -1.81. The van der Waals surface area contributed by atoms with Crippen LogP contribution in [0.25, 0.3) is 0 Å². The first kappa shape index (κ1) is 16.2. The summed E-state index contributed by atoms with van der Waals surface area (Å²) in [5.74, 6) is -3.67. The highest BCUT2D eigenvalue weighted by Gasteiger charge is 2.32. The number of rotatable bonds is 7. The number of non-ortho nitro benzene ring substituents is 1. The van der Waals surface area contributed by atoms with Gasteiger partial charge in [-0.2, -0.15) is 8.42 Å². The number of nitrogens with zero attached hydrogens (tertiary/aromatic N) is 1. The molecule has 0 saturated heterocycles. The van der Waals surface area contributed by atoms with Gasteiger partial charge in [0, 0.05) is 6.07 Å². The molecule has 0 saturated carbocycles. The summed E-state index contributed by atoms with van der Waals surface area (Å²) in [5, 5.41) is 10.5. The number of alkyl halides is 2. The van der Waals surface area contributed by atoms with Gasteiger partial charge in [-0.3, -0.25) is 14.3 Å². The number of ether oxygens (including phenoxy) is 1. The Morgan fingerprint density at radius 1 is 1.35 bits per heavy atom. The van der Waals surface area contributed by atoms with E-state index in [1.54, 1.807) is 0 Å². The summed E-state index contributed by atoms with van der Waals surface area (Å²) < 4.78 is 56.4. The minimum Gasteiger partial charge on any atom is -0.487 e. The highest BCUT2D eigenvalue weighted by Crippen LogP contribution is 2.22. The molecule has 7 nitrogen and oxygen atoms in total. The lowest BCUT2D eigenvalue weighted by atomic mass is 10.3. The van der Waals surface area contributed by atoms with Crippen molar-refractivity contribution in [2.24, 2.45) is 0 Å². The number of hydrogen-bond acceptors (Lipinski definition) is 6. The molecule has 0 radical (unpaired) electrons. The Morgan fingerprint density at radius 3 is 2.55 bits per heavy atom. The first-order valence-electron chi connectivity index (χ1n) is 5.18. The molecule has 0 spiro atoms. The number of halogens is 2. The van der Waals surface area contributed by atoms with E-state index in [1.807, 2.05) is 0 Å². The highest BCUT2D eigenvalue weighted by atomic mass is 32.2. The molecule has 1 aromatic rings. The third-order valence-electron chi connectivity index (χ3n) is 1.96. The van der Waals surface area contributed by atoms with Crippen LogP contribution in [0.3, 0.4) is 0 Å². The van der Waals surface area contributed by atoms with Gasteiger partial charge in [0.15, 0.2) is 6.61 Å². The maximum absolute atomic E-state index is 13.3. The Kier molecular flexibility index (Phi) is 4.95. The smallest absolute Gasteiger partial charge is 0.305 e. The van der Waals surface area contributed by atoms with E-state index < -0.39 is 34.2 Å². The molecule has 1 aromatic carbocycles. The lowest BCUT2D eigenvalue weighted by Gasteiger charge is -2.16. The molecule has 0 aliphatic carbocycles. The predicted octanol–water partition coefficient (Wildman–Crippen LogP) is 1.59. The number of benzene rings is 1. The lowest BCUT2D eigenvalue weighted by Crippen LogP contribution is -2.32. The van der Waals surface area contributed by atoms with Gasteiger partial charge in [0.25, 0.3) is 15.8 Å². The van der Waals surface area contributed by atoms with Gasteiger partial charge < -0.3 is 4.74 Å². The third-order valence-corrected chi connectivity index (χ3v) is 2.51. The van der Waals surface area contributed by atoms with Crippen LogP contribution in [-0.2, 0) is 14.3 Å². The highest BCUT2D eigenvalue weighted by molar-refractivity contribution is 7.85. The van der Waals surface area contributed by atoms with Gasteiger partial charge in [0.1, 0.15) is 12.4 Å². The quantitative estimate of drug-likeness (QED) is 0.431. The van der Waals surface area contributed by atoms with E-state index in [1.165, 1.54) is 18.2 Å². The van der Waals surface area contributed by atoms with E-state index in [-0.39, 0.29) is 11.4 Å². The summed E-state index contributed by atoms with van der Waals surface area (Å²) in [6.07, 6.45) is 0.643. The first-order chi connectivity index (χ1) is 9.09. The molecule has 0 heterocycles. The summed E-state index contributed by atoms with van der Waals surface area (Å²) in [7, 11) is -3.98. The van der Waals surface area contributed by atoms with Gasteiger partial charge in [-0.05, 0) is 6.07 Å². The molecule has 112 valence electrons. The van der Waals surface area contributed by atoms with Crippen LogP contribution in [0.1, 0.15) is 0 Å². The van der Waals surface area contributed by atoms with Crippen LogP contribution in [0.4, 0.5) is 14.5 Å². The van der Waals surface area contributed by atoms with Crippen molar-refractivity contribution < 1.29 is 31.0 Å². The molecule has 20 heavy (non-hydrogen) atoms. The minimum atomic E-state index is -3.98. The fraction of sp³-hybridized carbons (Fsp3) is 0.400. The second-order valence-electron chi connectivity index (χ2n) is 3.87. The topological polar surface area (TPSA) is 95.7 Å². The fourth-order valence-electron chi connectivity index (χ4n) is 1.11. The molecule has 0 aliphatic rings. The Balaban J connectivity index is 2.61. The summed E-state index contributed by atoms with van der Waals surface area (Å²) in [4.78, 5) is 9.79. The zero-order valence-corrected chi connectivity index (χ0v) is 11.1. The summed E-state index contributed by atoms with van der Waals surface area (Å²) in [6.45, 7) is -2.52. The predicted molar refractivity (Wildman–Crippen MR) is 64.3 cm³/mol. The van der Waals surface area contributed by atoms with E-state index in [9.17, 15) is 27.3 Å². The van der Waals surface area contributed by atoms with Crippen LogP contribution in [0.15, 0.2) is 24.3 Å². The van der Waals surface area contributed by atoms with Gasteiger partial charge in [0.05, 0.1) is 17.2 Å². The molecule has 10 heteroatoms. The van der Waals surface area contributed by atoms with E-state index in [0.29, 0.717) is 6.26 Å². The molecular weight excluding hydrogens is 300 g/mol. The van der Waals surface area contributed by atoms with Gasteiger partial charge in [0.2, 0.25) is 0 Å². The van der Waals surface area contributed by atoms with Crippen molar-refractivity contribution in [3.8, 4) is 5.75 Å². The van der Waals surface area contributed by atoms with E-state index in [0.717, 1.165) is 6.07 Å². The number of hydrogen-bond donors (Lipinski definition) is 0. The fourth-order valence-corrected chi connectivity index (χ4v) is 1.50. The summed E-state index contributed by atoms with van der Waals surface area (Å²) in [5.41, 5.74) is -0.307. The van der Waals surface area contributed by atoms with Crippen LogP contribution < -0.4 is 4.74 Å². The molecule has 1 rings (SSSR count). The molecule has 0 fully saturated rings. The zero-order chi connectivity index (χ0) is 15.4. The molecule has 0 N–H and O–H groups in total. The van der Waals surface area contributed by atoms with Crippen LogP contribution >= 0.6 is 0 Å². The van der Waals surface area contributed by atoms with Crippen molar-refractivity contribution in [1.29, 1.82) is 0 Å². The Labute approximate surface area is 113 Å². The van der Waals surface area contributed by atoms with Crippen LogP contribution in [0.2, 0.25) is 0 Å². The molecule has 0 unspecified atom stereocenters. The normalized spacial score (nSPS) is 12.2. The lowest BCUT2D eigenvalue weighted by molar-refractivity contribution is -0.385. The first-order valence-corrected chi connectivity index (χ1v) is 7.00. The maximum atomic E-state index is 13.3. The van der Waals surface area contributed by atoms with Crippen molar-refractivity contribution in [2.45, 2.75) is 5.92 Å². The SMILES string of the molecule is CS(=O)(=O)OCC(F)(F)COc1cccc([N+](=O)[O-])c1. The van der Waals surface area contributed by atoms with Crippen molar-refractivity contribution in [1.82, 2.24) is 0 Å². The van der Waals surface area contributed by atoms with E-state index >= 15 is 0 Å². The average molecular weight is 311 g/mol. The monoisotopic (exact) mass is 311 g/mol. The van der Waals surface area contributed by atoms with Gasteiger partial charge in [-0.15, -0.1) is 0 Å². The average Bonchev–Trinajstić information content (AvgIpc) is 2.34.